The van der Waals surface area contributed by atoms with Crippen molar-refractivity contribution in [3.8, 4) is 0 Å². The Kier molecular flexibility index (Phi) is 4.80. The lowest BCUT2D eigenvalue weighted by Crippen LogP contribution is -2.49. The number of rotatable bonds is 3. The Hall–Kier alpha value is -2.74. The SMILES string of the molecule is O=C(c1c(F)cccc1Cl)N1CCN(c2ccc([N+](=O)[O-])nc2)CC1. The van der Waals surface area contributed by atoms with Crippen LogP contribution in [0.15, 0.2) is 36.5 Å². The summed E-state index contributed by atoms with van der Waals surface area (Å²) in [7, 11) is 0. The number of hydrogen-bond donors (Lipinski definition) is 0. The number of halogens is 2. The van der Waals surface area contributed by atoms with E-state index in [0.29, 0.717) is 26.2 Å². The third-order valence-electron chi connectivity index (χ3n) is 4.03. The molecule has 1 amide bonds. The van der Waals surface area contributed by atoms with Crippen LogP contribution >= 0.6 is 11.6 Å². The van der Waals surface area contributed by atoms with Gasteiger partial charge in [-0.3, -0.25) is 4.79 Å². The van der Waals surface area contributed by atoms with Crippen molar-refractivity contribution in [2.24, 2.45) is 0 Å². The van der Waals surface area contributed by atoms with Gasteiger partial charge in [0.1, 0.15) is 5.82 Å². The van der Waals surface area contributed by atoms with Crippen molar-refractivity contribution in [2.45, 2.75) is 0 Å². The molecule has 1 fully saturated rings. The molecule has 7 nitrogen and oxygen atoms in total. The lowest BCUT2D eigenvalue weighted by atomic mass is 10.1. The van der Waals surface area contributed by atoms with E-state index in [0.717, 1.165) is 5.69 Å². The first-order chi connectivity index (χ1) is 12.0. The summed E-state index contributed by atoms with van der Waals surface area (Å²) in [5.41, 5.74) is 0.622. The van der Waals surface area contributed by atoms with Crippen LogP contribution in [-0.2, 0) is 0 Å². The summed E-state index contributed by atoms with van der Waals surface area (Å²) in [5, 5.41) is 10.7. The summed E-state index contributed by atoms with van der Waals surface area (Å²) in [6.07, 6.45) is 1.43. The molecule has 130 valence electrons. The van der Waals surface area contributed by atoms with Crippen LogP contribution in [0.2, 0.25) is 5.02 Å². The van der Waals surface area contributed by atoms with E-state index in [4.69, 9.17) is 11.6 Å². The van der Waals surface area contributed by atoms with Gasteiger partial charge in [-0.1, -0.05) is 17.7 Å². The molecule has 25 heavy (non-hydrogen) atoms. The zero-order chi connectivity index (χ0) is 18.0. The average Bonchev–Trinajstić information content (AvgIpc) is 2.61. The minimum absolute atomic E-state index is 0.0898. The molecular weight excluding hydrogens is 351 g/mol. The molecule has 0 saturated carbocycles. The van der Waals surface area contributed by atoms with Gasteiger partial charge in [-0.25, -0.2) is 4.39 Å². The number of nitro groups is 1. The van der Waals surface area contributed by atoms with E-state index in [1.54, 1.807) is 11.0 Å². The number of piperazine rings is 1. The Morgan fingerprint density at radius 2 is 1.92 bits per heavy atom. The minimum Gasteiger partial charge on any atom is -0.365 e. The van der Waals surface area contributed by atoms with Crippen LogP contribution in [0.1, 0.15) is 10.4 Å². The second kappa shape index (κ2) is 7.02. The molecule has 9 heteroatoms. The molecule has 1 aliphatic rings. The van der Waals surface area contributed by atoms with Gasteiger partial charge in [0.15, 0.2) is 6.20 Å². The summed E-state index contributed by atoms with van der Waals surface area (Å²) < 4.78 is 13.9. The second-order valence-electron chi connectivity index (χ2n) is 5.51. The Morgan fingerprint density at radius 3 is 2.48 bits per heavy atom. The fourth-order valence-corrected chi connectivity index (χ4v) is 2.95. The molecule has 0 unspecified atom stereocenters. The van der Waals surface area contributed by atoms with Gasteiger partial charge in [-0.05, 0) is 28.1 Å². The van der Waals surface area contributed by atoms with Crippen LogP contribution < -0.4 is 4.90 Å². The Balaban J connectivity index is 1.67. The van der Waals surface area contributed by atoms with Gasteiger partial charge in [0.2, 0.25) is 0 Å². The van der Waals surface area contributed by atoms with E-state index in [2.05, 4.69) is 4.98 Å². The summed E-state index contributed by atoms with van der Waals surface area (Å²) in [4.78, 5) is 29.9. The largest absolute Gasteiger partial charge is 0.365 e. The topological polar surface area (TPSA) is 79.6 Å². The number of aromatic nitrogens is 1. The molecule has 2 aromatic rings. The standard InChI is InChI=1S/C16H14ClFN4O3/c17-12-2-1-3-13(18)15(12)16(23)21-8-6-20(7-9-21)11-4-5-14(19-10-11)22(24)25/h1-5,10H,6-9H2. The molecule has 0 aliphatic carbocycles. The first-order valence-electron chi connectivity index (χ1n) is 7.56. The van der Waals surface area contributed by atoms with Crippen molar-refractivity contribution in [1.29, 1.82) is 0 Å². The highest BCUT2D eigenvalue weighted by Gasteiger charge is 2.26. The molecule has 0 atom stereocenters. The quantitative estimate of drug-likeness (QED) is 0.618. The molecular formula is C16H14ClFN4O3. The van der Waals surface area contributed by atoms with Crippen LogP contribution in [-0.4, -0.2) is 46.9 Å². The fourth-order valence-electron chi connectivity index (χ4n) is 2.70. The minimum atomic E-state index is -0.639. The van der Waals surface area contributed by atoms with Crippen molar-refractivity contribution >= 4 is 29.0 Å². The van der Waals surface area contributed by atoms with Gasteiger partial charge in [0, 0.05) is 32.2 Å². The van der Waals surface area contributed by atoms with Crippen molar-refractivity contribution in [1.82, 2.24) is 9.88 Å². The number of amides is 1. The molecule has 1 aromatic heterocycles. The number of nitrogens with zero attached hydrogens (tertiary/aromatic N) is 4. The van der Waals surface area contributed by atoms with E-state index >= 15 is 0 Å². The summed E-state index contributed by atoms with van der Waals surface area (Å²) in [6, 6.07) is 7.10. The highest BCUT2D eigenvalue weighted by atomic mass is 35.5. The van der Waals surface area contributed by atoms with Crippen LogP contribution in [0.25, 0.3) is 0 Å². The van der Waals surface area contributed by atoms with Crippen molar-refractivity contribution < 1.29 is 14.1 Å². The smallest absolute Gasteiger partial charge is 0.363 e. The van der Waals surface area contributed by atoms with Crippen molar-refractivity contribution in [3.63, 3.8) is 0 Å². The normalized spacial score (nSPS) is 14.5. The number of pyridine rings is 1. The number of carbonyl (C=O) groups excluding carboxylic acids is 1. The van der Waals surface area contributed by atoms with Gasteiger partial charge < -0.3 is 19.9 Å². The van der Waals surface area contributed by atoms with Gasteiger partial charge in [-0.2, -0.15) is 0 Å². The molecule has 3 rings (SSSR count). The van der Waals surface area contributed by atoms with Gasteiger partial charge in [0.25, 0.3) is 5.91 Å². The van der Waals surface area contributed by atoms with Crippen molar-refractivity contribution in [3.05, 3.63) is 63.0 Å². The maximum Gasteiger partial charge on any atom is 0.363 e. The lowest BCUT2D eigenvalue weighted by Gasteiger charge is -2.35. The molecule has 0 bridgehead atoms. The van der Waals surface area contributed by atoms with E-state index < -0.39 is 16.6 Å². The number of hydrogen-bond acceptors (Lipinski definition) is 5. The Labute approximate surface area is 147 Å². The molecule has 0 spiro atoms. The van der Waals surface area contributed by atoms with Gasteiger partial charge in [0.05, 0.1) is 16.3 Å². The molecule has 2 heterocycles. The average molecular weight is 365 g/mol. The molecule has 0 radical (unpaired) electrons. The Bertz CT molecular complexity index is 787. The predicted octanol–water partition coefficient (Wildman–Crippen LogP) is 2.74. The van der Waals surface area contributed by atoms with E-state index in [1.807, 2.05) is 4.90 Å². The Morgan fingerprint density at radius 1 is 1.20 bits per heavy atom. The third-order valence-corrected chi connectivity index (χ3v) is 4.34. The number of anilines is 1. The first-order valence-corrected chi connectivity index (χ1v) is 7.94. The maximum absolute atomic E-state index is 13.9. The van der Waals surface area contributed by atoms with E-state index in [1.165, 1.54) is 30.5 Å². The van der Waals surface area contributed by atoms with Gasteiger partial charge in [-0.15, -0.1) is 0 Å². The third kappa shape index (κ3) is 3.53. The van der Waals surface area contributed by atoms with E-state index in [-0.39, 0.29) is 16.4 Å². The lowest BCUT2D eigenvalue weighted by molar-refractivity contribution is -0.389. The second-order valence-corrected chi connectivity index (χ2v) is 5.91. The molecule has 1 saturated heterocycles. The molecule has 1 aromatic carbocycles. The van der Waals surface area contributed by atoms with Gasteiger partial charge >= 0.3 is 5.82 Å². The first kappa shape index (κ1) is 17.1. The summed E-state index contributed by atoms with van der Waals surface area (Å²) in [6.45, 7) is 1.80. The highest BCUT2D eigenvalue weighted by molar-refractivity contribution is 6.33. The zero-order valence-electron chi connectivity index (χ0n) is 13.1. The summed E-state index contributed by atoms with van der Waals surface area (Å²) in [5.74, 6) is -1.30. The number of benzene rings is 1. The van der Waals surface area contributed by atoms with Crippen LogP contribution in [0.4, 0.5) is 15.9 Å². The highest BCUT2D eigenvalue weighted by Crippen LogP contribution is 2.23. The summed E-state index contributed by atoms with van der Waals surface area (Å²) >= 11 is 5.95. The molecule has 0 N–H and O–H groups in total. The predicted molar refractivity (Wildman–Crippen MR) is 90.4 cm³/mol. The number of carbonyl (C=O) groups is 1. The fraction of sp³-hybridized carbons (Fsp3) is 0.250. The molecule has 1 aliphatic heterocycles. The zero-order valence-corrected chi connectivity index (χ0v) is 13.8. The van der Waals surface area contributed by atoms with Crippen LogP contribution in [0.3, 0.4) is 0 Å². The van der Waals surface area contributed by atoms with Crippen LogP contribution in [0, 0.1) is 15.9 Å². The maximum atomic E-state index is 13.9. The van der Waals surface area contributed by atoms with Crippen LogP contribution in [0.5, 0.6) is 0 Å². The monoisotopic (exact) mass is 364 g/mol. The van der Waals surface area contributed by atoms with E-state index in [9.17, 15) is 19.3 Å². The van der Waals surface area contributed by atoms with Crippen molar-refractivity contribution in [2.75, 3.05) is 31.1 Å².